The number of amides is 3. The largest absolute Gasteiger partial charge is 0.508 e. The maximum atomic E-state index is 12.7. The molecule has 6 aliphatic rings. The van der Waals surface area contributed by atoms with Crippen LogP contribution in [0.4, 0.5) is 35.0 Å². The van der Waals surface area contributed by atoms with Crippen LogP contribution in [0.3, 0.4) is 0 Å². The van der Waals surface area contributed by atoms with Gasteiger partial charge in [0.25, 0.3) is 10.9 Å². The highest BCUT2D eigenvalue weighted by Gasteiger charge is 2.34. The number of allylic oxidation sites excluding steroid dienone is 1. The Morgan fingerprint density at radius 3 is 1.47 bits per heavy atom. The van der Waals surface area contributed by atoms with E-state index in [4.69, 9.17) is 60.3 Å². The summed E-state index contributed by atoms with van der Waals surface area (Å²) < 4.78 is 51.4. The van der Waals surface area contributed by atoms with Gasteiger partial charge in [0.1, 0.15) is 11.4 Å². The van der Waals surface area contributed by atoms with Gasteiger partial charge in [0.2, 0.25) is 39.6 Å². The summed E-state index contributed by atoms with van der Waals surface area (Å²) >= 11 is 4.94. The topological polar surface area (TPSA) is 387 Å². The smallest absolute Gasteiger partial charge is 0.272 e. The third kappa shape index (κ3) is 17.8. The van der Waals surface area contributed by atoms with Crippen LogP contribution in [0.2, 0.25) is 0 Å². The second-order valence-electron chi connectivity index (χ2n) is 27.3. The van der Waals surface area contributed by atoms with Crippen molar-refractivity contribution in [2.45, 2.75) is 65.8 Å². The Labute approximate surface area is 645 Å². The summed E-state index contributed by atoms with van der Waals surface area (Å²) in [6.45, 7) is 21.3. The molecule has 578 valence electrons. The summed E-state index contributed by atoms with van der Waals surface area (Å²) in [5, 5.41) is 11.2. The fourth-order valence-electron chi connectivity index (χ4n) is 13.4. The molecule has 0 atom stereocenters. The van der Waals surface area contributed by atoms with E-state index >= 15 is 0 Å². The zero-order chi connectivity index (χ0) is 76.7. The van der Waals surface area contributed by atoms with Gasteiger partial charge in [-0.2, -0.15) is 4.31 Å². The van der Waals surface area contributed by atoms with Crippen LogP contribution >= 0.6 is 34.0 Å². The number of sulfonamides is 1. The van der Waals surface area contributed by atoms with Crippen molar-refractivity contribution in [1.29, 1.82) is 0 Å². The van der Waals surface area contributed by atoms with Crippen LogP contribution in [-0.4, -0.2) is 256 Å². The molecule has 0 bridgehead atoms. The van der Waals surface area contributed by atoms with Crippen LogP contribution in [-0.2, 0) is 58.3 Å². The molecular formula is C73H85N21O12S4. The number of β-lactam (4-membered cyclic amide) rings is 1. The number of imide groups is 1. The number of fused-ring (bicyclic) bond motifs is 3. The number of hydrogen-bond acceptors (Lipinski definition) is 33. The first-order valence-electron chi connectivity index (χ1n) is 36.4. The minimum Gasteiger partial charge on any atom is -0.508 e. The number of phenols is 1. The molecule has 0 aliphatic carbocycles. The van der Waals surface area contributed by atoms with Gasteiger partial charge in [0.15, 0.2) is 40.7 Å². The maximum Gasteiger partial charge on any atom is 0.272 e. The molecule has 14 heterocycles. The van der Waals surface area contributed by atoms with E-state index in [9.17, 15) is 37.5 Å². The number of nitrogens with two attached hydrogens (primary N) is 2. The number of aromatic hydroxyl groups is 1. The summed E-state index contributed by atoms with van der Waals surface area (Å²) in [5.41, 5.74) is 15.5. The highest BCUT2D eigenvalue weighted by Crippen LogP contribution is 2.39. The van der Waals surface area contributed by atoms with Crippen LogP contribution in [0, 0.1) is 0 Å². The third-order valence-electron chi connectivity index (χ3n) is 19.3. The van der Waals surface area contributed by atoms with Crippen LogP contribution in [0.15, 0.2) is 88.3 Å². The van der Waals surface area contributed by atoms with E-state index < -0.39 is 20.9 Å². The highest BCUT2D eigenvalue weighted by molar-refractivity contribution is 7.92. The normalized spacial score (nSPS) is 17.1. The molecule has 33 nitrogen and oxygen atoms in total. The van der Waals surface area contributed by atoms with E-state index in [1.54, 1.807) is 102 Å². The first-order valence-corrected chi connectivity index (χ1v) is 40.4. The number of rotatable bonds is 20. The number of anilines is 6. The van der Waals surface area contributed by atoms with E-state index in [2.05, 4.69) is 56.6 Å². The van der Waals surface area contributed by atoms with Crippen molar-refractivity contribution in [2.75, 3.05) is 176 Å². The van der Waals surface area contributed by atoms with Gasteiger partial charge in [0.05, 0.1) is 94.1 Å². The van der Waals surface area contributed by atoms with Gasteiger partial charge in [-0.15, -0.1) is 34.0 Å². The Bertz CT molecular complexity index is 5200. The molecule has 16 rings (SSSR count). The van der Waals surface area contributed by atoms with Crippen molar-refractivity contribution in [3.63, 3.8) is 0 Å². The van der Waals surface area contributed by atoms with E-state index in [-0.39, 0.29) is 60.1 Å². The average molecular weight is 1580 g/mol. The number of benzene rings is 1. The lowest BCUT2D eigenvalue weighted by molar-refractivity contribution is -0.153. The van der Waals surface area contributed by atoms with Gasteiger partial charge >= 0.3 is 0 Å². The Morgan fingerprint density at radius 1 is 0.582 bits per heavy atom. The molecule has 5 N–H and O–H groups in total. The Balaban J connectivity index is 0.000000138. The summed E-state index contributed by atoms with van der Waals surface area (Å²) in [5.74, 6) is 4.40. The van der Waals surface area contributed by atoms with Crippen molar-refractivity contribution >= 4 is 127 Å². The fraction of sp³-hybridized carbons (Fsp3) is 0.438. The molecular weight excluding hydrogens is 1490 g/mol. The molecule has 0 saturated carbocycles. The number of nitrogen functional groups attached to an aromatic ring is 2. The van der Waals surface area contributed by atoms with Crippen molar-refractivity contribution in [3.05, 3.63) is 114 Å². The predicted octanol–water partition coefficient (Wildman–Crippen LogP) is 5.22. The van der Waals surface area contributed by atoms with Crippen molar-refractivity contribution in [1.82, 2.24) is 73.7 Å². The van der Waals surface area contributed by atoms with E-state index in [0.717, 1.165) is 111 Å². The van der Waals surface area contributed by atoms with E-state index in [0.29, 0.717) is 146 Å². The fourth-order valence-corrected chi connectivity index (χ4v) is 18.1. The van der Waals surface area contributed by atoms with Gasteiger partial charge in [-0.3, -0.25) is 38.7 Å². The number of phenolic OH excluding ortho intramolecular Hbond substituents is 1. The second-order valence-corrected chi connectivity index (χ2v) is 32.5. The molecule has 0 unspecified atom stereocenters. The molecule has 0 radical (unpaired) electrons. The van der Waals surface area contributed by atoms with Gasteiger partial charge < -0.3 is 60.0 Å². The number of likely N-dealkylation sites (tertiary alicyclic amines) is 1. The quantitative estimate of drug-likeness (QED) is 0.0650. The Hall–Kier alpha value is -9.96. The number of nitrogens with zero attached hydrogens (tertiary/aromatic N) is 19. The molecule has 8 aromatic heterocycles. The van der Waals surface area contributed by atoms with Gasteiger partial charge in [-0.1, -0.05) is 18.2 Å². The standard InChI is InChI=1S/C26H30N8O4S.C25H27N5O5S.C22H28N8O3S2/c1-15(2)38-22-19(20(35)21(22)36)33-5-3-32(4-6-33)14-17-11-18-23(39-17)25(34-7-9-37-10-8-34)31-24(30-18)16-12-28-26(27)29-13-16;1-28(20(32)5-6-21(33)30-8-7-22(30)34)15-18-14-19-23(36-18)25(29-9-11-35-12-10-29)27-24(26-19)16-3-2-4-17(31)13-16;1-2-11-35(31,32)30-5-3-28(4-6-30)15-17-12-18-19(34-17)21(29-7-9-33-10-8-29)27-20(26-18)16-13-24-22(23)25-14-16/h11-13,15H,3-10,14H2,1-2H3,(H2,27,28,29);2-4,13-14,31H,5-12,15H2,1H3;2,11-14H,3-10,15H2,1H3,(H2,23,24,25)/b;;11-2+. The third-order valence-corrected chi connectivity index (χ3v) is 24.3. The lowest BCUT2D eigenvalue weighted by Crippen LogP contribution is -2.51. The zero-order valence-corrected chi connectivity index (χ0v) is 64.7. The summed E-state index contributed by atoms with van der Waals surface area (Å²) in [7, 11) is -1.62. The number of carbonyl (C=O) groups is 3. The van der Waals surface area contributed by atoms with Crippen LogP contribution in [0.5, 0.6) is 11.5 Å². The maximum absolute atomic E-state index is 12.7. The lowest BCUT2D eigenvalue weighted by atomic mass is 10.1. The number of ether oxygens (including phenoxy) is 4. The van der Waals surface area contributed by atoms with Crippen molar-refractivity contribution in [3.8, 4) is 45.7 Å². The summed E-state index contributed by atoms with van der Waals surface area (Å²) in [6.07, 6.45) is 8.47. The van der Waals surface area contributed by atoms with Crippen LogP contribution in [0.1, 0.15) is 54.7 Å². The van der Waals surface area contributed by atoms with Crippen molar-refractivity contribution < 1.29 is 46.9 Å². The Kier molecular flexibility index (Phi) is 23.8. The first kappa shape index (κ1) is 76.8. The number of piperazine rings is 2. The molecule has 6 aliphatic heterocycles. The molecule has 6 fully saturated rings. The first-order chi connectivity index (χ1) is 53.2. The average Bonchev–Trinajstić information content (AvgIpc) is 1.73. The van der Waals surface area contributed by atoms with E-state index in [1.165, 1.54) is 24.4 Å². The number of morpholine rings is 3. The van der Waals surface area contributed by atoms with Gasteiger partial charge in [-0.05, 0) is 51.1 Å². The molecule has 0 spiro atoms. The Morgan fingerprint density at radius 2 is 1.04 bits per heavy atom. The summed E-state index contributed by atoms with van der Waals surface area (Å²) in [4.78, 5) is 125. The second kappa shape index (κ2) is 34.1. The molecule has 3 amide bonds. The number of thiophene rings is 3. The lowest BCUT2D eigenvalue weighted by Gasteiger charge is -2.36. The predicted molar refractivity (Wildman–Crippen MR) is 422 cm³/mol. The number of carbonyl (C=O) groups excluding carboxylic acids is 3. The minimum atomic E-state index is -3.33. The van der Waals surface area contributed by atoms with E-state index in [1.807, 2.05) is 30.9 Å². The molecule has 10 aromatic rings. The molecule has 37 heteroatoms. The van der Waals surface area contributed by atoms with Crippen LogP contribution < -0.4 is 46.7 Å². The highest BCUT2D eigenvalue weighted by atomic mass is 32.2. The zero-order valence-electron chi connectivity index (χ0n) is 61.4. The van der Waals surface area contributed by atoms with Crippen LogP contribution in [0.25, 0.3) is 64.8 Å². The minimum absolute atomic E-state index is 0.0290. The molecule has 2 aromatic carbocycles. The van der Waals surface area contributed by atoms with Crippen molar-refractivity contribution in [2.24, 2.45) is 0 Å². The monoisotopic (exact) mass is 1580 g/mol. The summed E-state index contributed by atoms with van der Waals surface area (Å²) in [6, 6.07) is 13.1. The number of aromatic nitrogens is 10. The SMILES string of the molecule is C/C=C/S(=O)(=O)N1CCN(Cc2cc3nc(-c4cnc(N)nc4)nc(N4CCOCC4)c3s2)CC1.CC(C)Oc1c(N2CCN(Cc3cc4nc(-c5cnc(N)nc5)nc(N5CCOCC5)c4s3)CC2)c(=O)c1=O.CN(Cc1cc2nc(-c3cccc(O)c3)nc(N3CCOCC3)c2s1)C(=O)CCC(=O)N1CCC1=O. The molecule has 6 saturated heterocycles. The van der Waals surface area contributed by atoms with Gasteiger partial charge in [0, 0.05) is 188 Å². The number of hydrogen-bond donors (Lipinski definition) is 3. The molecule has 110 heavy (non-hydrogen) atoms. The van der Waals surface area contributed by atoms with Gasteiger partial charge in [-0.25, -0.2) is 58.3 Å².